The average molecular weight is 153 g/mol. The fourth-order valence-electron chi connectivity index (χ4n) is 0.873. The van der Waals surface area contributed by atoms with Crippen molar-refractivity contribution in [2.45, 2.75) is 6.92 Å². The first-order valence-corrected chi connectivity index (χ1v) is 3.22. The van der Waals surface area contributed by atoms with Crippen LogP contribution in [0.4, 0.5) is 10.2 Å². The largest absolute Gasteiger partial charge is 0.294 e. The number of rotatable bonds is 2. The number of hydrogen-bond acceptors (Lipinski definition) is 2. The Morgan fingerprint density at radius 1 is 1.45 bits per heavy atom. The molecule has 0 aromatic heterocycles. The Morgan fingerprint density at radius 3 is 2.55 bits per heavy atom. The summed E-state index contributed by atoms with van der Waals surface area (Å²) in [4.78, 5) is 10.8. The highest BCUT2D eigenvalue weighted by Crippen LogP contribution is 2.14. The number of carbonyl (C=O) groups is 1. The molecule has 1 aromatic rings. The minimum absolute atomic E-state index is 0.147. The quantitative estimate of drug-likeness (QED) is 0.521. The number of hydrogen-bond donors (Lipinski definition) is 1. The van der Waals surface area contributed by atoms with Crippen molar-refractivity contribution in [2.75, 3.05) is 5.54 Å². The van der Waals surface area contributed by atoms with Crippen molar-refractivity contribution < 1.29 is 9.28 Å². The standard InChI is InChI=1S/C8H8FNO/c1-6(11)7-4-2-3-5-8(7)10-9/h2-5,10H,1H3. The molecule has 0 aliphatic rings. The number of carbonyl (C=O) groups excluding carboxylic acids is 1. The Hall–Kier alpha value is -1.38. The van der Waals surface area contributed by atoms with E-state index in [2.05, 4.69) is 0 Å². The van der Waals surface area contributed by atoms with Crippen LogP contribution in [0.3, 0.4) is 0 Å². The van der Waals surface area contributed by atoms with E-state index in [1.165, 1.54) is 18.5 Å². The molecule has 2 nitrogen and oxygen atoms in total. The number of para-hydroxylation sites is 1. The number of benzene rings is 1. The maximum atomic E-state index is 11.9. The minimum atomic E-state index is -0.147. The molecular weight excluding hydrogens is 145 g/mol. The molecule has 0 saturated carbocycles. The van der Waals surface area contributed by atoms with Gasteiger partial charge in [-0.05, 0) is 19.1 Å². The van der Waals surface area contributed by atoms with Crippen LogP contribution in [0.25, 0.3) is 0 Å². The van der Waals surface area contributed by atoms with Gasteiger partial charge in [0.25, 0.3) is 0 Å². The molecule has 1 rings (SSSR count). The molecule has 0 heterocycles. The number of nitrogens with one attached hydrogen (secondary N) is 1. The van der Waals surface area contributed by atoms with Crippen LogP contribution in [-0.2, 0) is 0 Å². The summed E-state index contributed by atoms with van der Waals surface area (Å²) in [6, 6.07) is 6.44. The summed E-state index contributed by atoms with van der Waals surface area (Å²) < 4.78 is 11.9. The van der Waals surface area contributed by atoms with Crippen LogP contribution < -0.4 is 5.54 Å². The van der Waals surface area contributed by atoms with Gasteiger partial charge in [-0.25, -0.2) is 5.54 Å². The third-order valence-electron chi connectivity index (χ3n) is 1.41. The van der Waals surface area contributed by atoms with Crippen LogP contribution in [-0.4, -0.2) is 5.78 Å². The number of Topliss-reactive ketones (excluding diaryl/α,β-unsaturated/α-hetero) is 1. The summed E-state index contributed by atoms with van der Waals surface area (Å²) in [5.74, 6) is -0.147. The van der Waals surface area contributed by atoms with E-state index in [9.17, 15) is 9.28 Å². The third-order valence-corrected chi connectivity index (χ3v) is 1.41. The molecule has 0 atom stereocenters. The molecule has 0 saturated heterocycles. The van der Waals surface area contributed by atoms with Crippen LogP contribution in [0.15, 0.2) is 24.3 Å². The van der Waals surface area contributed by atoms with Gasteiger partial charge in [-0.2, -0.15) is 0 Å². The second-order valence-corrected chi connectivity index (χ2v) is 2.20. The monoisotopic (exact) mass is 153 g/mol. The van der Waals surface area contributed by atoms with Gasteiger partial charge < -0.3 is 0 Å². The lowest BCUT2D eigenvalue weighted by Crippen LogP contribution is -1.96. The van der Waals surface area contributed by atoms with E-state index in [1.54, 1.807) is 18.2 Å². The third kappa shape index (κ3) is 1.55. The second kappa shape index (κ2) is 3.14. The molecule has 0 bridgehead atoms. The lowest BCUT2D eigenvalue weighted by molar-refractivity contribution is 0.101. The van der Waals surface area contributed by atoms with Crippen molar-refractivity contribution in [1.82, 2.24) is 0 Å². The van der Waals surface area contributed by atoms with E-state index >= 15 is 0 Å². The van der Waals surface area contributed by atoms with E-state index in [-0.39, 0.29) is 11.5 Å². The van der Waals surface area contributed by atoms with Gasteiger partial charge in [0.05, 0.1) is 5.69 Å². The van der Waals surface area contributed by atoms with Crippen molar-refractivity contribution in [3.8, 4) is 0 Å². The number of halogens is 1. The van der Waals surface area contributed by atoms with Crippen molar-refractivity contribution in [3.63, 3.8) is 0 Å². The molecular formula is C8H8FNO. The van der Waals surface area contributed by atoms with Gasteiger partial charge in [0, 0.05) is 5.56 Å². The summed E-state index contributed by atoms with van der Waals surface area (Å²) >= 11 is 0. The first kappa shape index (κ1) is 7.72. The molecule has 11 heavy (non-hydrogen) atoms. The normalized spacial score (nSPS) is 9.27. The van der Waals surface area contributed by atoms with E-state index in [0.29, 0.717) is 5.56 Å². The van der Waals surface area contributed by atoms with Crippen LogP contribution in [0, 0.1) is 0 Å². The fraction of sp³-hybridized carbons (Fsp3) is 0.125. The minimum Gasteiger partial charge on any atom is -0.294 e. The van der Waals surface area contributed by atoms with E-state index in [0.717, 1.165) is 0 Å². The summed E-state index contributed by atoms with van der Waals surface area (Å²) in [5.41, 5.74) is 2.05. The summed E-state index contributed by atoms with van der Waals surface area (Å²) in [6.07, 6.45) is 0. The van der Waals surface area contributed by atoms with Crippen molar-refractivity contribution in [3.05, 3.63) is 29.8 Å². The molecule has 0 aliphatic heterocycles. The lowest BCUT2D eigenvalue weighted by atomic mass is 10.1. The van der Waals surface area contributed by atoms with Crippen molar-refractivity contribution >= 4 is 11.5 Å². The Balaban J connectivity index is 3.12. The molecule has 1 N–H and O–H groups in total. The zero-order valence-corrected chi connectivity index (χ0v) is 6.10. The maximum absolute atomic E-state index is 11.9. The highest BCUT2D eigenvalue weighted by molar-refractivity contribution is 5.99. The van der Waals surface area contributed by atoms with E-state index in [1.807, 2.05) is 0 Å². The Labute approximate surface area is 64.0 Å². The van der Waals surface area contributed by atoms with Crippen LogP contribution in [0.1, 0.15) is 17.3 Å². The van der Waals surface area contributed by atoms with Crippen molar-refractivity contribution in [1.29, 1.82) is 0 Å². The molecule has 0 unspecified atom stereocenters. The smallest absolute Gasteiger partial charge is 0.161 e. The van der Waals surface area contributed by atoms with Gasteiger partial charge >= 0.3 is 0 Å². The predicted molar refractivity (Wildman–Crippen MR) is 41.2 cm³/mol. The van der Waals surface area contributed by atoms with Crippen LogP contribution in [0.5, 0.6) is 0 Å². The fourth-order valence-corrected chi connectivity index (χ4v) is 0.873. The topological polar surface area (TPSA) is 29.1 Å². The highest BCUT2D eigenvalue weighted by Gasteiger charge is 2.03. The molecule has 3 heteroatoms. The molecule has 0 radical (unpaired) electrons. The lowest BCUT2D eigenvalue weighted by Gasteiger charge is -2.00. The predicted octanol–water partition coefficient (Wildman–Crippen LogP) is 2.19. The van der Waals surface area contributed by atoms with E-state index in [4.69, 9.17) is 0 Å². The van der Waals surface area contributed by atoms with Crippen LogP contribution >= 0.6 is 0 Å². The van der Waals surface area contributed by atoms with E-state index < -0.39 is 0 Å². The van der Waals surface area contributed by atoms with Gasteiger partial charge in [-0.1, -0.05) is 12.1 Å². The van der Waals surface area contributed by atoms with Gasteiger partial charge in [0.1, 0.15) is 0 Å². The number of anilines is 1. The Bertz CT molecular complexity index is 273. The second-order valence-electron chi connectivity index (χ2n) is 2.20. The zero-order chi connectivity index (χ0) is 8.27. The maximum Gasteiger partial charge on any atom is 0.161 e. The molecule has 0 spiro atoms. The summed E-state index contributed by atoms with van der Waals surface area (Å²) in [5, 5.41) is 0. The molecule has 0 fully saturated rings. The summed E-state index contributed by atoms with van der Waals surface area (Å²) in [7, 11) is 0. The highest BCUT2D eigenvalue weighted by atomic mass is 19.2. The number of ketones is 1. The van der Waals surface area contributed by atoms with Gasteiger partial charge in [0.2, 0.25) is 0 Å². The summed E-state index contributed by atoms with van der Waals surface area (Å²) in [6.45, 7) is 1.40. The Kier molecular flexibility index (Phi) is 2.21. The Morgan fingerprint density at radius 2 is 2.09 bits per heavy atom. The molecule has 0 amide bonds. The first-order chi connectivity index (χ1) is 5.25. The van der Waals surface area contributed by atoms with Crippen LogP contribution in [0.2, 0.25) is 0 Å². The zero-order valence-electron chi connectivity index (χ0n) is 6.10. The van der Waals surface area contributed by atoms with Gasteiger partial charge in [0.15, 0.2) is 5.78 Å². The molecule has 0 aliphatic carbocycles. The van der Waals surface area contributed by atoms with Gasteiger partial charge in [-0.15, -0.1) is 4.48 Å². The SMILES string of the molecule is CC(=O)c1ccccc1NF. The van der Waals surface area contributed by atoms with Crippen molar-refractivity contribution in [2.24, 2.45) is 0 Å². The average Bonchev–Trinajstić information content (AvgIpc) is 2.04. The molecule has 1 aromatic carbocycles. The first-order valence-electron chi connectivity index (χ1n) is 3.22. The molecule has 58 valence electrons. The van der Waals surface area contributed by atoms with Gasteiger partial charge in [-0.3, -0.25) is 4.79 Å².